The third-order valence-electron chi connectivity index (χ3n) is 0.686. The van der Waals surface area contributed by atoms with Gasteiger partial charge >= 0.3 is 12.0 Å². The Morgan fingerprint density at radius 3 is 2.33 bits per heavy atom. The van der Waals surface area contributed by atoms with Crippen molar-refractivity contribution in [3.8, 4) is 0 Å². The maximum atomic E-state index is 9.90. The van der Waals surface area contributed by atoms with Crippen LogP contribution in [-0.2, 0) is 4.79 Å². The fourth-order valence-corrected chi connectivity index (χ4v) is 0.726. The summed E-state index contributed by atoms with van der Waals surface area (Å²) in [6.45, 7) is 0. The van der Waals surface area contributed by atoms with Gasteiger partial charge in [0.05, 0.1) is 5.33 Å². The van der Waals surface area contributed by atoms with Gasteiger partial charge in [0.25, 0.3) is 0 Å². The lowest BCUT2D eigenvalue weighted by Gasteiger charge is -1.96. The predicted molar refractivity (Wildman–Crippen MR) is 32.2 cm³/mol. The van der Waals surface area contributed by atoms with Gasteiger partial charge in [-0.05, 0) is 0 Å². The number of nitrogens with zero attached hydrogens (tertiary/aromatic N) is 1. The van der Waals surface area contributed by atoms with Crippen LogP contribution in [0.2, 0.25) is 0 Å². The maximum Gasteiger partial charge on any atom is 0.380 e. The number of hydrogen-bond donors (Lipinski definition) is 1. The second-order valence-electron chi connectivity index (χ2n) is 1.29. The highest BCUT2D eigenvalue weighted by molar-refractivity contribution is 9.09. The number of halogens is 1. The Hall–Kier alpha value is -0.650. The van der Waals surface area contributed by atoms with E-state index in [-0.39, 0.29) is 5.33 Å². The van der Waals surface area contributed by atoms with Crippen molar-refractivity contribution in [3.05, 3.63) is 10.1 Å². The number of hydrogen-bond acceptors (Lipinski definition) is 3. The summed E-state index contributed by atoms with van der Waals surface area (Å²) in [7, 11) is 0. The monoisotopic (exact) mass is 197 g/mol. The number of alkyl halides is 1. The number of aliphatic carboxylic acids is 1. The molecule has 6 heteroatoms. The molecule has 0 saturated heterocycles. The van der Waals surface area contributed by atoms with E-state index in [1.54, 1.807) is 0 Å². The molecular formula is C3H4BrNO4. The molecule has 0 bridgehead atoms. The zero-order valence-corrected chi connectivity index (χ0v) is 5.87. The van der Waals surface area contributed by atoms with Gasteiger partial charge in [0.15, 0.2) is 0 Å². The molecule has 1 N–H and O–H groups in total. The van der Waals surface area contributed by atoms with Crippen LogP contribution in [0, 0.1) is 10.1 Å². The summed E-state index contributed by atoms with van der Waals surface area (Å²) in [6.07, 6.45) is 0. The first kappa shape index (κ1) is 8.35. The molecule has 0 spiro atoms. The van der Waals surface area contributed by atoms with Crippen LogP contribution >= 0.6 is 15.9 Å². The normalized spacial score (nSPS) is 12.6. The van der Waals surface area contributed by atoms with Crippen molar-refractivity contribution in [2.45, 2.75) is 6.04 Å². The quantitative estimate of drug-likeness (QED) is 0.396. The summed E-state index contributed by atoms with van der Waals surface area (Å²) < 4.78 is 0. The minimum Gasteiger partial charge on any atom is -0.476 e. The average Bonchev–Trinajstić information content (AvgIpc) is 1.64. The summed E-state index contributed by atoms with van der Waals surface area (Å²) in [5.74, 6) is -1.42. The molecule has 1 atom stereocenters. The molecule has 5 nitrogen and oxygen atoms in total. The largest absolute Gasteiger partial charge is 0.476 e. The van der Waals surface area contributed by atoms with Gasteiger partial charge in [-0.15, -0.1) is 0 Å². The molecule has 0 heterocycles. The van der Waals surface area contributed by atoms with Gasteiger partial charge in [-0.2, -0.15) is 0 Å². The fraction of sp³-hybridized carbons (Fsp3) is 0.667. The minimum atomic E-state index is -1.52. The molecule has 0 radical (unpaired) electrons. The van der Waals surface area contributed by atoms with Gasteiger partial charge in [-0.3, -0.25) is 10.1 Å². The lowest BCUT2D eigenvalue weighted by molar-refractivity contribution is -0.504. The lowest BCUT2D eigenvalue weighted by Crippen LogP contribution is -2.30. The maximum absolute atomic E-state index is 9.90. The van der Waals surface area contributed by atoms with Crippen molar-refractivity contribution in [1.29, 1.82) is 0 Å². The van der Waals surface area contributed by atoms with Gasteiger partial charge < -0.3 is 5.11 Å². The van der Waals surface area contributed by atoms with Crippen molar-refractivity contribution in [2.24, 2.45) is 0 Å². The molecule has 0 aromatic heterocycles. The molecule has 0 aliphatic rings. The number of carboxylic acid groups (broad SMARTS) is 1. The van der Waals surface area contributed by atoms with Gasteiger partial charge in [-0.1, -0.05) is 15.9 Å². The van der Waals surface area contributed by atoms with Crippen LogP contribution in [-0.4, -0.2) is 27.4 Å². The SMILES string of the molecule is O=C(O)C(CBr)[N+](=O)[O-]. The smallest absolute Gasteiger partial charge is 0.380 e. The Labute approximate surface area is 58.9 Å². The Balaban J connectivity index is 3.99. The van der Waals surface area contributed by atoms with E-state index in [2.05, 4.69) is 15.9 Å². The van der Waals surface area contributed by atoms with Gasteiger partial charge in [-0.25, -0.2) is 4.79 Å². The van der Waals surface area contributed by atoms with Gasteiger partial charge in [0.2, 0.25) is 0 Å². The van der Waals surface area contributed by atoms with E-state index in [1.807, 2.05) is 0 Å². The molecule has 0 amide bonds. The Morgan fingerprint density at radius 2 is 2.33 bits per heavy atom. The molecule has 0 fully saturated rings. The molecule has 9 heavy (non-hydrogen) atoms. The van der Waals surface area contributed by atoms with E-state index in [9.17, 15) is 14.9 Å². The van der Waals surface area contributed by atoms with Crippen molar-refractivity contribution in [1.82, 2.24) is 0 Å². The molecular weight excluding hydrogens is 194 g/mol. The number of rotatable bonds is 3. The van der Waals surface area contributed by atoms with Crippen LogP contribution < -0.4 is 0 Å². The second kappa shape index (κ2) is 3.39. The molecule has 1 unspecified atom stereocenters. The van der Waals surface area contributed by atoms with Crippen LogP contribution in [0.25, 0.3) is 0 Å². The first-order valence-corrected chi connectivity index (χ1v) is 3.14. The third-order valence-corrected chi connectivity index (χ3v) is 1.30. The van der Waals surface area contributed by atoms with E-state index in [4.69, 9.17) is 5.11 Å². The second-order valence-corrected chi connectivity index (χ2v) is 1.94. The summed E-state index contributed by atoms with van der Waals surface area (Å²) in [5, 5.41) is 17.7. The van der Waals surface area contributed by atoms with Crippen LogP contribution in [0.1, 0.15) is 0 Å². The summed E-state index contributed by atoms with van der Waals surface area (Å²) in [6, 6.07) is -1.52. The summed E-state index contributed by atoms with van der Waals surface area (Å²) >= 11 is 2.69. The van der Waals surface area contributed by atoms with Crippen molar-refractivity contribution < 1.29 is 14.8 Å². The van der Waals surface area contributed by atoms with Crippen LogP contribution in [0.4, 0.5) is 0 Å². The van der Waals surface area contributed by atoms with Crippen LogP contribution in [0.15, 0.2) is 0 Å². The van der Waals surface area contributed by atoms with Gasteiger partial charge in [0, 0.05) is 4.92 Å². The average molecular weight is 198 g/mol. The number of carboxylic acids is 1. The van der Waals surface area contributed by atoms with E-state index >= 15 is 0 Å². The standard InChI is InChI=1S/C3H4BrNO4/c4-1-2(3(6)7)5(8)9/h2H,1H2,(H,6,7). The van der Waals surface area contributed by atoms with Crippen LogP contribution in [0.5, 0.6) is 0 Å². The number of nitro groups is 1. The zero-order valence-electron chi connectivity index (χ0n) is 4.28. The van der Waals surface area contributed by atoms with Crippen molar-refractivity contribution in [3.63, 3.8) is 0 Å². The fourth-order valence-electron chi connectivity index (χ4n) is 0.213. The van der Waals surface area contributed by atoms with E-state index in [0.29, 0.717) is 0 Å². The van der Waals surface area contributed by atoms with Crippen molar-refractivity contribution in [2.75, 3.05) is 5.33 Å². The lowest BCUT2D eigenvalue weighted by atomic mass is 10.4. The third kappa shape index (κ3) is 2.41. The molecule has 0 rings (SSSR count). The van der Waals surface area contributed by atoms with E-state index in [0.717, 1.165) is 0 Å². The first-order chi connectivity index (χ1) is 4.09. The topological polar surface area (TPSA) is 80.4 Å². The molecule has 0 aromatic carbocycles. The van der Waals surface area contributed by atoms with Crippen molar-refractivity contribution >= 4 is 21.9 Å². The predicted octanol–water partition coefficient (Wildman–Crippen LogP) is 0.111. The van der Waals surface area contributed by atoms with Gasteiger partial charge in [0.1, 0.15) is 0 Å². The zero-order chi connectivity index (χ0) is 7.44. The Kier molecular flexibility index (Phi) is 3.15. The summed E-state index contributed by atoms with van der Waals surface area (Å²) in [5.41, 5.74) is 0. The summed E-state index contributed by atoms with van der Waals surface area (Å²) in [4.78, 5) is 18.8. The Bertz CT molecular complexity index is 122. The highest BCUT2D eigenvalue weighted by atomic mass is 79.9. The first-order valence-electron chi connectivity index (χ1n) is 2.02. The molecule has 0 aliphatic heterocycles. The molecule has 52 valence electrons. The highest BCUT2D eigenvalue weighted by Crippen LogP contribution is 1.94. The highest BCUT2D eigenvalue weighted by Gasteiger charge is 2.26. The molecule has 0 aliphatic carbocycles. The molecule has 0 aromatic rings. The van der Waals surface area contributed by atoms with Crippen LogP contribution in [0.3, 0.4) is 0 Å². The minimum absolute atomic E-state index is 0.157. The Morgan fingerprint density at radius 1 is 1.89 bits per heavy atom. The van der Waals surface area contributed by atoms with E-state index < -0.39 is 16.9 Å². The molecule has 0 saturated carbocycles. The van der Waals surface area contributed by atoms with E-state index in [1.165, 1.54) is 0 Å². The number of carbonyl (C=O) groups is 1.